The van der Waals surface area contributed by atoms with Crippen LogP contribution in [-0.2, 0) is 9.59 Å². The van der Waals surface area contributed by atoms with Gasteiger partial charge < -0.3 is 5.32 Å². The van der Waals surface area contributed by atoms with E-state index in [1.165, 1.54) is 18.2 Å². The zero-order valence-corrected chi connectivity index (χ0v) is 26.7. The number of nitrogens with zero attached hydrogens (tertiary/aromatic N) is 3. The molecule has 1 aromatic heterocycles. The van der Waals surface area contributed by atoms with E-state index in [-0.39, 0.29) is 23.3 Å². The highest BCUT2D eigenvalue weighted by Gasteiger charge is 2.14. The van der Waals surface area contributed by atoms with Crippen molar-refractivity contribution in [3.8, 4) is 16.9 Å². The fourth-order valence-electron chi connectivity index (χ4n) is 5.04. The van der Waals surface area contributed by atoms with Crippen LogP contribution in [0.25, 0.3) is 23.0 Å². The number of unbranched alkanes of at least 4 members (excludes halogenated alkanes) is 3. The number of hydrogen-bond acceptors (Lipinski definition) is 7. The lowest BCUT2D eigenvalue weighted by Gasteiger charge is -2.08. The number of nitro benzene ring substituents is 1. The van der Waals surface area contributed by atoms with E-state index in [1.54, 1.807) is 53.4 Å². The number of rotatable bonds is 16. The minimum atomic E-state index is -0.456. The molecule has 0 saturated carbocycles. The second-order valence-corrected chi connectivity index (χ2v) is 11.3. The zero-order chi connectivity index (χ0) is 34.4. The third-order valence-electron chi connectivity index (χ3n) is 7.66. The molecular weight excluding hydrogens is 620 g/mol. The highest BCUT2D eigenvalue weighted by atomic mass is 16.6. The standard InChI is InChI=1S/C38H36N6O5/c45-35(26-21-30-27-43(33-13-7-4-8-14-33)42-38(30)29-19-24-34(25-20-29)44(48)49)28-17-22-31(23-18-28)39-36(46)15-9-1-2-10-16-37(47)41-40-32-11-5-3-6-12-32/h3-8,11-14,17-27,40H,1-2,9-10,15-16H2,(H,39,46)(H,41,47)/b26-21+. The summed E-state index contributed by atoms with van der Waals surface area (Å²) in [4.78, 5) is 48.2. The van der Waals surface area contributed by atoms with Gasteiger partial charge in [0.2, 0.25) is 11.8 Å². The van der Waals surface area contributed by atoms with Crippen LogP contribution in [0.2, 0.25) is 0 Å². The van der Waals surface area contributed by atoms with Gasteiger partial charge in [0.05, 0.1) is 22.0 Å². The first-order valence-corrected chi connectivity index (χ1v) is 16.0. The van der Waals surface area contributed by atoms with Crippen LogP contribution < -0.4 is 16.2 Å². The number of anilines is 2. The van der Waals surface area contributed by atoms with Gasteiger partial charge in [0.1, 0.15) is 0 Å². The van der Waals surface area contributed by atoms with Crippen molar-refractivity contribution in [3.05, 3.63) is 143 Å². The smallest absolute Gasteiger partial charge is 0.269 e. The lowest BCUT2D eigenvalue weighted by Crippen LogP contribution is -2.28. The van der Waals surface area contributed by atoms with Crippen LogP contribution >= 0.6 is 0 Å². The minimum absolute atomic E-state index is 0.0239. The van der Waals surface area contributed by atoms with Crippen molar-refractivity contribution in [1.82, 2.24) is 15.2 Å². The van der Waals surface area contributed by atoms with E-state index in [9.17, 15) is 24.5 Å². The number of hydrogen-bond donors (Lipinski definition) is 3. The van der Waals surface area contributed by atoms with E-state index in [0.717, 1.165) is 30.6 Å². The first kappa shape index (κ1) is 34.0. The number of aromatic nitrogens is 2. The molecule has 4 aromatic carbocycles. The maximum absolute atomic E-state index is 13.1. The summed E-state index contributed by atoms with van der Waals surface area (Å²) >= 11 is 0. The Labute approximate surface area is 283 Å². The Balaban J connectivity index is 1.10. The molecule has 0 radical (unpaired) electrons. The molecule has 0 unspecified atom stereocenters. The van der Waals surface area contributed by atoms with Crippen LogP contribution in [0.15, 0.2) is 121 Å². The Morgan fingerprint density at radius 1 is 0.735 bits per heavy atom. The maximum Gasteiger partial charge on any atom is 0.269 e. The van der Waals surface area contributed by atoms with E-state index in [0.29, 0.717) is 47.3 Å². The lowest BCUT2D eigenvalue weighted by molar-refractivity contribution is -0.384. The van der Waals surface area contributed by atoms with Gasteiger partial charge in [0.15, 0.2) is 5.78 Å². The predicted molar refractivity (Wildman–Crippen MR) is 190 cm³/mol. The minimum Gasteiger partial charge on any atom is -0.326 e. The molecule has 0 fully saturated rings. The van der Waals surface area contributed by atoms with Gasteiger partial charge in [-0.3, -0.25) is 35.3 Å². The van der Waals surface area contributed by atoms with Crippen molar-refractivity contribution >= 4 is 40.7 Å². The molecule has 2 amide bonds. The summed E-state index contributed by atoms with van der Waals surface area (Å²) in [6, 6.07) is 31.7. The molecule has 0 aliphatic heterocycles. The van der Waals surface area contributed by atoms with Gasteiger partial charge in [0, 0.05) is 53.5 Å². The Hall–Kier alpha value is -6.36. The second kappa shape index (κ2) is 17.0. The van der Waals surface area contributed by atoms with Gasteiger partial charge in [-0.2, -0.15) is 5.10 Å². The molecule has 248 valence electrons. The van der Waals surface area contributed by atoms with Gasteiger partial charge >= 0.3 is 0 Å². The fourth-order valence-corrected chi connectivity index (χ4v) is 5.04. The Morgan fingerprint density at radius 3 is 2.02 bits per heavy atom. The van der Waals surface area contributed by atoms with Gasteiger partial charge in [-0.15, -0.1) is 0 Å². The van der Waals surface area contributed by atoms with E-state index in [1.807, 2.05) is 60.7 Å². The van der Waals surface area contributed by atoms with E-state index < -0.39 is 4.92 Å². The van der Waals surface area contributed by atoms with Crippen LogP contribution in [0, 0.1) is 10.1 Å². The molecule has 11 nitrogen and oxygen atoms in total. The number of hydrazine groups is 1. The van der Waals surface area contributed by atoms with Crippen molar-refractivity contribution in [1.29, 1.82) is 0 Å². The fraction of sp³-hybridized carbons (Fsp3) is 0.158. The van der Waals surface area contributed by atoms with Crippen molar-refractivity contribution < 1.29 is 19.3 Å². The molecule has 0 spiro atoms. The Morgan fingerprint density at radius 2 is 1.37 bits per heavy atom. The summed E-state index contributed by atoms with van der Waals surface area (Å²) in [5.74, 6) is -0.423. The summed E-state index contributed by atoms with van der Waals surface area (Å²) in [6.07, 6.45) is 8.83. The number of allylic oxidation sites excluding steroid dienone is 1. The molecule has 0 bridgehead atoms. The number of amides is 2. The van der Waals surface area contributed by atoms with E-state index in [4.69, 9.17) is 5.10 Å². The van der Waals surface area contributed by atoms with Crippen LogP contribution in [0.5, 0.6) is 0 Å². The Kier molecular flexibility index (Phi) is 11.8. The van der Waals surface area contributed by atoms with Crippen molar-refractivity contribution in [3.63, 3.8) is 0 Å². The summed E-state index contributed by atoms with van der Waals surface area (Å²) in [6.45, 7) is 0. The molecular formula is C38H36N6O5. The van der Waals surface area contributed by atoms with Gasteiger partial charge in [-0.05, 0) is 85.7 Å². The molecule has 5 rings (SSSR count). The SMILES string of the molecule is O=C(CCCCCCC(=O)Nc1ccc(C(=O)/C=C/c2cn(-c3ccccc3)nc2-c2ccc([N+](=O)[O-])cc2)cc1)NNc1ccccc1. The molecule has 0 atom stereocenters. The number of carbonyl (C=O) groups is 3. The Bertz CT molecular complexity index is 1900. The number of para-hydroxylation sites is 2. The predicted octanol–water partition coefficient (Wildman–Crippen LogP) is 7.77. The van der Waals surface area contributed by atoms with Crippen molar-refractivity contribution in [2.24, 2.45) is 0 Å². The summed E-state index contributed by atoms with van der Waals surface area (Å²) in [5.41, 5.74) is 10.1. The average molecular weight is 657 g/mol. The largest absolute Gasteiger partial charge is 0.326 e. The first-order valence-electron chi connectivity index (χ1n) is 16.0. The molecule has 0 aliphatic rings. The quantitative estimate of drug-likeness (QED) is 0.0323. The zero-order valence-electron chi connectivity index (χ0n) is 26.7. The van der Waals surface area contributed by atoms with E-state index in [2.05, 4.69) is 16.2 Å². The highest BCUT2D eigenvalue weighted by molar-refractivity contribution is 6.07. The highest BCUT2D eigenvalue weighted by Crippen LogP contribution is 2.27. The molecule has 49 heavy (non-hydrogen) atoms. The molecule has 11 heteroatoms. The van der Waals surface area contributed by atoms with Crippen molar-refractivity contribution in [2.45, 2.75) is 38.5 Å². The lowest BCUT2D eigenvalue weighted by atomic mass is 10.1. The molecule has 3 N–H and O–H groups in total. The number of nitro groups is 1. The molecule has 5 aromatic rings. The number of ketones is 1. The van der Waals surface area contributed by atoms with Crippen LogP contribution in [0.4, 0.5) is 17.1 Å². The monoisotopic (exact) mass is 656 g/mol. The number of nitrogens with one attached hydrogen (secondary N) is 3. The summed E-state index contributed by atoms with van der Waals surface area (Å²) in [5, 5.41) is 18.7. The van der Waals surface area contributed by atoms with E-state index >= 15 is 0 Å². The van der Waals surface area contributed by atoms with Gasteiger partial charge in [-0.1, -0.05) is 49.2 Å². The number of non-ortho nitro benzene ring substituents is 1. The number of carbonyl (C=O) groups excluding carboxylic acids is 3. The van der Waals surface area contributed by atoms with Crippen LogP contribution in [0.1, 0.15) is 54.4 Å². The van der Waals surface area contributed by atoms with Gasteiger partial charge in [0.25, 0.3) is 5.69 Å². The van der Waals surface area contributed by atoms with Crippen LogP contribution in [-0.4, -0.2) is 32.3 Å². The molecule has 0 saturated heterocycles. The van der Waals surface area contributed by atoms with Gasteiger partial charge in [-0.25, -0.2) is 4.68 Å². The average Bonchev–Trinajstić information content (AvgIpc) is 3.56. The molecule has 0 aliphatic carbocycles. The topological polar surface area (TPSA) is 148 Å². The first-order chi connectivity index (χ1) is 23.9. The third kappa shape index (κ3) is 10.1. The second-order valence-electron chi connectivity index (χ2n) is 11.3. The summed E-state index contributed by atoms with van der Waals surface area (Å²) in [7, 11) is 0. The van der Waals surface area contributed by atoms with Crippen LogP contribution in [0.3, 0.4) is 0 Å². The summed E-state index contributed by atoms with van der Waals surface area (Å²) < 4.78 is 1.70. The third-order valence-corrected chi connectivity index (χ3v) is 7.66. The molecule has 1 heterocycles. The normalized spacial score (nSPS) is 10.9. The maximum atomic E-state index is 13.1. The van der Waals surface area contributed by atoms with Crippen molar-refractivity contribution in [2.75, 3.05) is 10.7 Å². The number of benzene rings is 4.